The number of amides is 1. The molecule has 0 saturated carbocycles. The standard InChI is InChI=1S/C18H19F6N5O4S/c1-9-10(7-27-6-4-25-14(27)26-15(31)33-2)34-13-11(9)12(30)29(8-18(22,23)24)16(32)28(13)5-3-17(19,20)21/h3-8H2,1-2H3,(H,25,26,31). The second-order valence-corrected chi connectivity index (χ2v) is 8.47. The van der Waals surface area contributed by atoms with Crippen LogP contribution in [0.5, 0.6) is 0 Å². The van der Waals surface area contributed by atoms with Gasteiger partial charge in [-0.1, -0.05) is 0 Å². The number of aromatic nitrogens is 2. The number of nitrogens with zero attached hydrogens (tertiary/aromatic N) is 4. The lowest BCUT2D eigenvalue weighted by Gasteiger charge is -2.16. The van der Waals surface area contributed by atoms with Crippen LogP contribution in [0.3, 0.4) is 0 Å². The maximum atomic E-state index is 13.0. The normalized spacial score (nSPS) is 15.9. The maximum Gasteiger partial charge on any atom is 0.436 e. The smallest absolute Gasteiger partial charge is 0.436 e. The topological polar surface area (TPSA) is 97.9 Å². The number of aliphatic imine (C=N–C) groups is 1. The van der Waals surface area contributed by atoms with Crippen molar-refractivity contribution >= 4 is 33.6 Å². The number of fused-ring (bicyclic) bond motifs is 1. The summed E-state index contributed by atoms with van der Waals surface area (Å²) >= 11 is 0.830. The molecule has 0 atom stereocenters. The van der Waals surface area contributed by atoms with Crippen LogP contribution in [0.1, 0.15) is 16.9 Å². The molecule has 34 heavy (non-hydrogen) atoms. The molecule has 2 aromatic rings. The SMILES string of the molecule is COC(=O)N=C1NCCN1Cc1sc2c(c1C)c(=O)n(CC(F)(F)F)c(=O)n2CCC(F)(F)F. The van der Waals surface area contributed by atoms with E-state index >= 15 is 0 Å². The van der Waals surface area contributed by atoms with Gasteiger partial charge >= 0.3 is 24.1 Å². The van der Waals surface area contributed by atoms with Gasteiger partial charge in [-0.15, -0.1) is 16.3 Å². The van der Waals surface area contributed by atoms with Gasteiger partial charge in [0.1, 0.15) is 11.4 Å². The van der Waals surface area contributed by atoms with Gasteiger partial charge in [-0.2, -0.15) is 26.3 Å². The number of hydrogen-bond acceptors (Lipinski definition) is 5. The van der Waals surface area contributed by atoms with Crippen LogP contribution >= 0.6 is 11.3 Å². The van der Waals surface area contributed by atoms with E-state index < -0.39 is 49.2 Å². The van der Waals surface area contributed by atoms with E-state index in [9.17, 15) is 40.7 Å². The number of halogens is 6. The van der Waals surface area contributed by atoms with E-state index in [0.29, 0.717) is 22.5 Å². The highest BCUT2D eigenvalue weighted by atomic mass is 32.1. The zero-order chi connectivity index (χ0) is 25.4. The maximum absolute atomic E-state index is 13.0. The van der Waals surface area contributed by atoms with Crippen molar-refractivity contribution in [1.82, 2.24) is 19.4 Å². The fourth-order valence-electron chi connectivity index (χ4n) is 3.44. The number of carbonyl (C=O) groups is 1. The minimum atomic E-state index is -4.94. The van der Waals surface area contributed by atoms with Crippen molar-refractivity contribution < 1.29 is 35.9 Å². The first-order chi connectivity index (χ1) is 15.7. The van der Waals surface area contributed by atoms with Crippen molar-refractivity contribution in [1.29, 1.82) is 0 Å². The molecular weight excluding hydrogens is 496 g/mol. The van der Waals surface area contributed by atoms with Gasteiger partial charge in [0.05, 0.1) is 25.5 Å². The summed E-state index contributed by atoms with van der Waals surface area (Å²) in [6, 6.07) is 0. The monoisotopic (exact) mass is 515 g/mol. The zero-order valence-electron chi connectivity index (χ0n) is 17.8. The minimum absolute atomic E-state index is 0.0418. The fraction of sp³-hybridized carbons (Fsp3) is 0.556. The Balaban J connectivity index is 2.14. The minimum Gasteiger partial charge on any atom is -0.451 e. The van der Waals surface area contributed by atoms with Crippen molar-refractivity contribution in [3.63, 3.8) is 0 Å². The molecule has 1 fully saturated rings. The van der Waals surface area contributed by atoms with Crippen LogP contribution in [0, 0.1) is 6.92 Å². The van der Waals surface area contributed by atoms with E-state index in [4.69, 9.17) is 0 Å². The van der Waals surface area contributed by atoms with Crippen molar-refractivity contribution in [2.45, 2.75) is 45.3 Å². The number of hydrogen-bond donors (Lipinski definition) is 1. The highest BCUT2D eigenvalue weighted by molar-refractivity contribution is 7.18. The summed E-state index contributed by atoms with van der Waals surface area (Å²) in [6.45, 7) is -0.607. The molecule has 0 radical (unpaired) electrons. The molecule has 1 aliphatic heterocycles. The molecule has 0 aromatic carbocycles. The largest absolute Gasteiger partial charge is 0.451 e. The number of guanidine groups is 1. The summed E-state index contributed by atoms with van der Waals surface area (Å²) in [6.07, 6.45) is -12.0. The molecule has 3 rings (SSSR count). The summed E-state index contributed by atoms with van der Waals surface area (Å²) in [4.78, 5) is 42.5. The fourth-order valence-corrected chi connectivity index (χ4v) is 4.77. The van der Waals surface area contributed by atoms with Crippen LogP contribution < -0.4 is 16.6 Å². The highest BCUT2D eigenvalue weighted by Gasteiger charge is 2.33. The molecule has 188 valence electrons. The number of thiophene rings is 1. The number of methoxy groups -OCH3 is 1. The van der Waals surface area contributed by atoms with Crippen LogP contribution in [0.15, 0.2) is 14.6 Å². The number of rotatable bonds is 5. The summed E-state index contributed by atoms with van der Waals surface area (Å²) < 4.78 is 82.5. The zero-order valence-corrected chi connectivity index (χ0v) is 18.7. The number of ether oxygens (including phenoxy) is 1. The molecule has 0 spiro atoms. The first kappa shape index (κ1) is 25.6. The predicted molar refractivity (Wildman–Crippen MR) is 110 cm³/mol. The second-order valence-electron chi connectivity index (χ2n) is 7.39. The van der Waals surface area contributed by atoms with Crippen LogP contribution in [0.25, 0.3) is 10.2 Å². The van der Waals surface area contributed by atoms with Crippen molar-refractivity contribution in [2.75, 3.05) is 20.2 Å². The Kier molecular flexibility index (Phi) is 7.00. The molecule has 1 saturated heterocycles. The molecule has 0 aliphatic carbocycles. The van der Waals surface area contributed by atoms with Gasteiger partial charge in [-0.05, 0) is 12.5 Å². The van der Waals surface area contributed by atoms with E-state index in [-0.39, 0.29) is 32.9 Å². The van der Waals surface area contributed by atoms with Crippen molar-refractivity contribution in [3.8, 4) is 0 Å². The average Bonchev–Trinajstić information content (AvgIpc) is 3.28. The molecule has 0 unspecified atom stereocenters. The molecule has 1 amide bonds. The van der Waals surface area contributed by atoms with Gasteiger partial charge in [0.2, 0.25) is 5.96 Å². The number of alkyl halides is 6. The summed E-state index contributed by atoms with van der Waals surface area (Å²) in [5.41, 5.74) is -2.47. The van der Waals surface area contributed by atoms with Gasteiger partial charge < -0.3 is 15.0 Å². The Bertz CT molecular complexity index is 1240. The van der Waals surface area contributed by atoms with Crippen LogP contribution in [-0.4, -0.2) is 58.6 Å². The molecule has 9 nitrogen and oxygen atoms in total. The molecular formula is C18H19F6N5O4S. The Morgan fingerprint density at radius 1 is 1.15 bits per heavy atom. The van der Waals surface area contributed by atoms with E-state index in [1.54, 1.807) is 4.90 Å². The molecule has 3 heterocycles. The van der Waals surface area contributed by atoms with Crippen LogP contribution in [0.4, 0.5) is 31.1 Å². The lowest BCUT2D eigenvalue weighted by Crippen LogP contribution is -2.43. The van der Waals surface area contributed by atoms with E-state index in [2.05, 4.69) is 15.0 Å². The van der Waals surface area contributed by atoms with Gasteiger partial charge in [-0.25, -0.2) is 9.59 Å². The van der Waals surface area contributed by atoms with E-state index in [1.807, 2.05) is 0 Å². The van der Waals surface area contributed by atoms with E-state index in [0.717, 1.165) is 18.4 Å². The summed E-state index contributed by atoms with van der Waals surface area (Å²) in [5.74, 6) is 0.160. The molecule has 1 N–H and O–H groups in total. The second kappa shape index (κ2) is 9.31. The Morgan fingerprint density at radius 2 is 1.82 bits per heavy atom. The average molecular weight is 515 g/mol. The van der Waals surface area contributed by atoms with Crippen LogP contribution in [-0.2, 0) is 24.4 Å². The first-order valence-electron chi connectivity index (χ1n) is 9.76. The Labute approximate surface area is 191 Å². The quantitative estimate of drug-likeness (QED) is 0.615. The van der Waals surface area contributed by atoms with Crippen molar-refractivity contribution in [3.05, 3.63) is 31.3 Å². The number of aryl methyl sites for hydroxylation is 2. The Hall–Kier alpha value is -3.04. The molecule has 1 aliphatic rings. The highest BCUT2D eigenvalue weighted by Crippen LogP contribution is 2.31. The Morgan fingerprint density at radius 3 is 2.41 bits per heavy atom. The first-order valence-corrected chi connectivity index (χ1v) is 10.6. The van der Waals surface area contributed by atoms with Gasteiger partial charge in [0.25, 0.3) is 5.56 Å². The van der Waals surface area contributed by atoms with Gasteiger partial charge in [0.15, 0.2) is 0 Å². The van der Waals surface area contributed by atoms with Gasteiger partial charge in [-0.3, -0.25) is 13.9 Å². The lowest BCUT2D eigenvalue weighted by atomic mass is 10.2. The summed E-state index contributed by atoms with van der Waals surface area (Å²) in [5, 5.41) is 2.60. The van der Waals surface area contributed by atoms with Crippen molar-refractivity contribution in [2.24, 2.45) is 4.99 Å². The van der Waals surface area contributed by atoms with Gasteiger partial charge in [0, 0.05) is 24.5 Å². The van der Waals surface area contributed by atoms with E-state index in [1.165, 1.54) is 6.92 Å². The molecule has 0 bridgehead atoms. The number of nitrogens with one attached hydrogen (secondary N) is 1. The molecule has 16 heteroatoms. The third kappa shape index (κ3) is 5.53. The molecule has 2 aromatic heterocycles. The summed E-state index contributed by atoms with van der Waals surface area (Å²) in [7, 11) is 1.13. The predicted octanol–water partition coefficient (Wildman–Crippen LogP) is 2.58. The lowest BCUT2D eigenvalue weighted by molar-refractivity contribution is -0.143. The van der Waals surface area contributed by atoms with Crippen LogP contribution in [0.2, 0.25) is 0 Å². The third-order valence-electron chi connectivity index (χ3n) is 5.02. The number of carbonyl (C=O) groups excluding carboxylic acids is 1. The third-order valence-corrected chi connectivity index (χ3v) is 6.32.